The van der Waals surface area contributed by atoms with Crippen LogP contribution in [0.5, 0.6) is 0 Å². The zero-order valence-corrected chi connectivity index (χ0v) is 18.8. The Hall–Kier alpha value is -3.92. The van der Waals surface area contributed by atoms with Crippen LogP contribution in [0.3, 0.4) is 0 Å². The number of aromatic nitrogens is 4. The van der Waals surface area contributed by atoms with Crippen LogP contribution in [0.1, 0.15) is 22.3 Å². The quantitative estimate of drug-likeness (QED) is 0.329. The van der Waals surface area contributed by atoms with Gasteiger partial charge >= 0.3 is 0 Å². The van der Waals surface area contributed by atoms with Crippen molar-refractivity contribution in [2.75, 3.05) is 0 Å². The highest BCUT2D eigenvalue weighted by Gasteiger charge is 2.13. The molecule has 2 N–H and O–H groups in total. The van der Waals surface area contributed by atoms with E-state index < -0.39 is 0 Å². The molecule has 0 saturated heterocycles. The highest BCUT2D eigenvalue weighted by molar-refractivity contribution is 5.77. The van der Waals surface area contributed by atoms with E-state index >= 15 is 0 Å². The number of benzene rings is 3. The Balaban J connectivity index is 1.49. The van der Waals surface area contributed by atoms with Gasteiger partial charge in [0.15, 0.2) is 0 Å². The van der Waals surface area contributed by atoms with Gasteiger partial charge in [0, 0.05) is 22.3 Å². The highest BCUT2D eigenvalue weighted by atomic mass is 15.1. The molecule has 0 aliphatic carbocycles. The van der Waals surface area contributed by atoms with Gasteiger partial charge in [-0.15, -0.1) is 0 Å². The lowest BCUT2D eigenvalue weighted by molar-refractivity contribution is 1.09. The first-order valence-electron chi connectivity index (χ1n) is 10.9. The van der Waals surface area contributed by atoms with Gasteiger partial charge in [0.1, 0.15) is 0 Å². The lowest BCUT2D eigenvalue weighted by Crippen LogP contribution is -1.87. The lowest BCUT2D eigenvalue weighted by atomic mass is 9.98. The van der Waals surface area contributed by atoms with Crippen molar-refractivity contribution in [3.63, 3.8) is 0 Å². The monoisotopic (exact) mass is 418 g/mol. The minimum absolute atomic E-state index is 0.926. The average Bonchev–Trinajstić information content (AvgIpc) is 3.44. The Bertz CT molecular complexity index is 1280. The summed E-state index contributed by atoms with van der Waals surface area (Å²) in [6.07, 6.45) is 0. The molecule has 0 radical (unpaired) electrons. The minimum atomic E-state index is 0.926. The molecule has 4 heteroatoms. The van der Waals surface area contributed by atoms with Crippen LogP contribution in [0.4, 0.5) is 0 Å². The largest absolute Gasteiger partial charge is 0.277 e. The van der Waals surface area contributed by atoms with Gasteiger partial charge in [-0.3, -0.25) is 10.2 Å². The summed E-state index contributed by atoms with van der Waals surface area (Å²) in [6.45, 7) is 8.53. The second kappa shape index (κ2) is 7.97. The first-order chi connectivity index (χ1) is 15.5. The smallest absolute Gasteiger partial charge is 0.0927 e. The minimum Gasteiger partial charge on any atom is -0.277 e. The zero-order valence-electron chi connectivity index (χ0n) is 18.8. The molecule has 5 aromatic rings. The summed E-state index contributed by atoms with van der Waals surface area (Å²) in [7, 11) is 0. The summed E-state index contributed by atoms with van der Waals surface area (Å²) in [5, 5.41) is 15.7. The number of H-pyrrole nitrogens is 2. The summed E-state index contributed by atoms with van der Waals surface area (Å²) in [4.78, 5) is 0. The number of nitrogens with one attached hydrogen (secondary N) is 2. The van der Waals surface area contributed by atoms with Gasteiger partial charge in [-0.25, -0.2) is 0 Å². The first-order valence-corrected chi connectivity index (χ1v) is 10.9. The Morgan fingerprint density at radius 3 is 1.28 bits per heavy atom. The molecule has 2 aromatic heterocycles. The third-order valence-corrected chi connectivity index (χ3v) is 6.11. The van der Waals surface area contributed by atoms with Crippen LogP contribution in [0.2, 0.25) is 0 Å². The fourth-order valence-electron chi connectivity index (χ4n) is 4.51. The number of rotatable bonds is 4. The summed E-state index contributed by atoms with van der Waals surface area (Å²) < 4.78 is 0. The van der Waals surface area contributed by atoms with Crippen molar-refractivity contribution in [1.82, 2.24) is 20.4 Å². The Labute approximate surface area is 188 Å². The van der Waals surface area contributed by atoms with Gasteiger partial charge in [-0.1, -0.05) is 54.6 Å². The highest BCUT2D eigenvalue weighted by Crippen LogP contribution is 2.32. The van der Waals surface area contributed by atoms with E-state index in [-0.39, 0.29) is 0 Å². The number of aromatic amines is 2. The van der Waals surface area contributed by atoms with Crippen LogP contribution < -0.4 is 0 Å². The number of aryl methyl sites for hydroxylation is 4. The van der Waals surface area contributed by atoms with E-state index in [0.717, 1.165) is 33.9 Å². The van der Waals surface area contributed by atoms with Crippen LogP contribution in [-0.4, -0.2) is 20.4 Å². The van der Waals surface area contributed by atoms with Gasteiger partial charge in [-0.05, 0) is 68.1 Å². The molecule has 0 aliphatic heterocycles. The van der Waals surface area contributed by atoms with Gasteiger partial charge < -0.3 is 0 Å². The van der Waals surface area contributed by atoms with E-state index in [4.69, 9.17) is 0 Å². The van der Waals surface area contributed by atoms with Crippen molar-refractivity contribution in [2.45, 2.75) is 27.7 Å². The second-order valence-corrected chi connectivity index (χ2v) is 8.45. The molecule has 4 nitrogen and oxygen atoms in total. The van der Waals surface area contributed by atoms with Crippen LogP contribution in [-0.2, 0) is 0 Å². The van der Waals surface area contributed by atoms with Crippen molar-refractivity contribution in [3.05, 3.63) is 95.1 Å². The first kappa shape index (κ1) is 20.0. The summed E-state index contributed by atoms with van der Waals surface area (Å²) >= 11 is 0. The molecule has 0 amide bonds. The van der Waals surface area contributed by atoms with Gasteiger partial charge in [0.2, 0.25) is 0 Å². The van der Waals surface area contributed by atoms with Gasteiger partial charge in [0.05, 0.1) is 22.8 Å². The Kier molecular flexibility index (Phi) is 4.98. The Morgan fingerprint density at radius 2 is 0.875 bits per heavy atom. The normalized spacial score (nSPS) is 11.1. The fourth-order valence-corrected chi connectivity index (χ4v) is 4.51. The van der Waals surface area contributed by atoms with Crippen molar-refractivity contribution in [3.8, 4) is 45.0 Å². The number of hydrogen-bond acceptors (Lipinski definition) is 2. The van der Waals surface area contributed by atoms with Gasteiger partial charge in [-0.2, -0.15) is 10.2 Å². The molecule has 0 unspecified atom stereocenters. The molecular formula is C28H26N4. The molecular weight excluding hydrogens is 392 g/mol. The second-order valence-electron chi connectivity index (χ2n) is 8.45. The van der Waals surface area contributed by atoms with Crippen LogP contribution >= 0.6 is 0 Å². The molecule has 158 valence electrons. The third-order valence-electron chi connectivity index (χ3n) is 6.11. The number of hydrogen-bond donors (Lipinski definition) is 2. The summed E-state index contributed by atoms with van der Waals surface area (Å²) in [5.74, 6) is 0. The maximum atomic E-state index is 4.60. The van der Waals surface area contributed by atoms with Crippen LogP contribution in [0.15, 0.2) is 72.8 Å². The molecule has 3 aromatic carbocycles. The van der Waals surface area contributed by atoms with Crippen molar-refractivity contribution < 1.29 is 0 Å². The third kappa shape index (κ3) is 3.54. The topological polar surface area (TPSA) is 57.4 Å². The zero-order chi connectivity index (χ0) is 22.2. The molecule has 32 heavy (non-hydrogen) atoms. The molecule has 0 bridgehead atoms. The standard InChI is InChI=1S/C28H26N4/c1-17-8-5-9-18(2)27(17)25-15-23(29-31-25)21-12-7-13-22(14-21)24-16-26(32-30-24)28-19(3)10-6-11-20(28)4/h5-16H,1-4H3,(H,29,31)(H,30,32). The Morgan fingerprint density at radius 1 is 0.500 bits per heavy atom. The predicted octanol–water partition coefficient (Wildman–Crippen LogP) is 7.03. The van der Waals surface area contributed by atoms with E-state index in [9.17, 15) is 0 Å². The lowest BCUT2D eigenvalue weighted by Gasteiger charge is -2.06. The maximum Gasteiger partial charge on any atom is 0.0927 e. The van der Waals surface area contributed by atoms with Crippen molar-refractivity contribution in [2.24, 2.45) is 0 Å². The summed E-state index contributed by atoms with van der Waals surface area (Å²) in [6, 6.07) is 25.4. The van der Waals surface area contributed by atoms with Crippen molar-refractivity contribution in [1.29, 1.82) is 0 Å². The molecule has 5 rings (SSSR count). The molecule has 0 fully saturated rings. The molecule has 0 spiro atoms. The van der Waals surface area contributed by atoms with E-state index in [2.05, 4.69) is 121 Å². The molecule has 0 saturated carbocycles. The molecule has 2 heterocycles. The average molecular weight is 419 g/mol. The van der Waals surface area contributed by atoms with E-state index in [1.807, 2.05) is 0 Å². The van der Waals surface area contributed by atoms with Crippen LogP contribution in [0.25, 0.3) is 45.0 Å². The molecule has 0 atom stereocenters. The molecule has 0 aliphatic rings. The SMILES string of the molecule is Cc1cccc(C)c1-c1cc(-c2cccc(-c3cc(-c4c(C)cccc4C)[nH]n3)c2)n[nH]1. The maximum absolute atomic E-state index is 4.60. The summed E-state index contributed by atoms with van der Waals surface area (Å²) in [5.41, 5.74) is 13.4. The van der Waals surface area contributed by atoms with Crippen molar-refractivity contribution >= 4 is 0 Å². The van der Waals surface area contributed by atoms with E-state index in [0.29, 0.717) is 0 Å². The predicted molar refractivity (Wildman–Crippen MR) is 131 cm³/mol. The number of nitrogens with zero attached hydrogens (tertiary/aromatic N) is 2. The fraction of sp³-hybridized carbons (Fsp3) is 0.143. The van der Waals surface area contributed by atoms with E-state index in [1.54, 1.807) is 0 Å². The van der Waals surface area contributed by atoms with Crippen LogP contribution in [0, 0.1) is 27.7 Å². The van der Waals surface area contributed by atoms with E-state index in [1.165, 1.54) is 33.4 Å². The van der Waals surface area contributed by atoms with Gasteiger partial charge in [0.25, 0.3) is 0 Å².